The zero-order chi connectivity index (χ0) is 20.6. The third-order valence-electron chi connectivity index (χ3n) is 4.59. The van der Waals surface area contributed by atoms with Gasteiger partial charge >= 0.3 is 12.6 Å². The Hall–Kier alpha value is -2.64. The molecule has 0 radical (unpaired) electrons. The van der Waals surface area contributed by atoms with E-state index in [4.69, 9.17) is 9.47 Å². The summed E-state index contributed by atoms with van der Waals surface area (Å²) in [6, 6.07) is 4.59. The molecule has 6 nitrogen and oxygen atoms in total. The van der Waals surface area contributed by atoms with Crippen LogP contribution in [0, 0.1) is 0 Å². The molecule has 0 unspecified atom stereocenters. The van der Waals surface area contributed by atoms with Crippen LogP contribution in [0.1, 0.15) is 44.6 Å². The number of ether oxygens (including phenoxy) is 3. The van der Waals surface area contributed by atoms with Crippen molar-refractivity contribution in [1.29, 1.82) is 0 Å². The minimum absolute atomic E-state index is 0.123. The standard InChI is InChI=1S/C20H25F2NO5/c1-3-27-18(25)20(12-5-4-6-13-20)23-16(24)11-10-14-8-7-9-15(26-2)17(14)28-19(21)22/h7-11,19H,3-6,12-13H2,1-2H3,(H,23,24)/b11-10+. The highest BCUT2D eigenvalue weighted by atomic mass is 19.3. The van der Waals surface area contributed by atoms with E-state index in [1.165, 1.54) is 31.4 Å². The Kier molecular flexibility index (Phi) is 7.78. The van der Waals surface area contributed by atoms with Crippen molar-refractivity contribution in [2.24, 2.45) is 0 Å². The van der Waals surface area contributed by atoms with Gasteiger partial charge in [-0.3, -0.25) is 4.79 Å². The van der Waals surface area contributed by atoms with E-state index in [0.29, 0.717) is 12.8 Å². The smallest absolute Gasteiger partial charge is 0.387 e. The Balaban J connectivity index is 2.19. The Morgan fingerprint density at radius 2 is 1.96 bits per heavy atom. The van der Waals surface area contributed by atoms with E-state index in [1.54, 1.807) is 13.0 Å². The average Bonchev–Trinajstić information content (AvgIpc) is 2.67. The van der Waals surface area contributed by atoms with Crippen LogP contribution in [0.5, 0.6) is 11.5 Å². The lowest BCUT2D eigenvalue weighted by atomic mass is 9.81. The molecule has 0 heterocycles. The molecule has 1 aromatic carbocycles. The molecule has 1 aliphatic carbocycles. The van der Waals surface area contributed by atoms with Crippen molar-refractivity contribution in [2.75, 3.05) is 13.7 Å². The Morgan fingerprint density at radius 1 is 1.25 bits per heavy atom. The van der Waals surface area contributed by atoms with Gasteiger partial charge in [0.05, 0.1) is 13.7 Å². The number of carbonyl (C=O) groups is 2. The monoisotopic (exact) mass is 397 g/mol. The highest BCUT2D eigenvalue weighted by Gasteiger charge is 2.41. The second-order valence-corrected chi connectivity index (χ2v) is 6.44. The fraction of sp³-hybridized carbons (Fsp3) is 0.500. The molecule has 0 saturated heterocycles. The molecule has 0 aliphatic heterocycles. The summed E-state index contributed by atoms with van der Waals surface area (Å²) < 4.78 is 40.1. The van der Waals surface area contributed by atoms with Crippen LogP contribution in [-0.4, -0.2) is 37.7 Å². The summed E-state index contributed by atoms with van der Waals surface area (Å²) in [6.07, 6.45) is 6.15. The van der Waals surface area contributed by atoms with Gasteiger partial charge in [-0.2, -0.15) is 8.78 Å². The van der Waals surface area contributed by atoms with E-state index in [0.717, 1.165) is 19.3 Å². The first kappa shape index (κ1) is 21.7. The summed E-state index contributed by atoms with van der Waals surface area (Å²) in [5.41, 5.74) is -0.796. The van der Waals surface area contributed by atoms with Gasteiger partial charge in [-0.25, -0.2) is 4.79 Å². The van der Waals surface area contributed by atoms with E-state index >= 15 is 0 Å². The topological polar surface area (TPSA) is 73.9 Å². The molecule has 1 aliphatic rings. The minimum atomic E-state index is -3.04. The number of rotatable bonds is 8. The van der Waals surface area contributed by atoms with Crippen LogP contribution in [0.15, 0.2) is 24.3 Å². The molecule has 154 valence electrons. The maximum atomic E-state index is 12.7. The summed E-state index contributed by atoms with van der Waals surface area (Å²) in [4.78, 5) is 24.9. The van der Waals surface area contributed by atoms with Crippen LogP contribution in [-0.2, 0) is 14.3 Å². The number of amides is 1. The van der Waals surface area contributed by atoms with Crippen LogP contribution in [0.25, 0.3) is 6.08 Å². The molecule has 1 amide bonds. The number of alkyl halides is 2. The Morgan fingerprint density at radius 3 is 2.57 bits per heavy atom. The van der Waals surface area contributed by atoms with E-state index in [1.807, 2.05) is 0 Å². The van der Waals surface area contributed by atoms with E-state index < -0.39 is 24.0 Å². The number of hydrogen-bond donors (Lipinski definition) is 1. The van der Waals surface area contributed by atoms with Gasteiger partial charge < -0.3 is 19.5 Å². The molecular weight excluding hydrogens is 372 g/mol. The first-order chi connectivity index (χ1) is 13.4. The van der Waals surface area contributed by atoms with Crippen LogP contribution < -0.4 is 14.8 Å². The molecule has 1 saturated carbocycles. The number of halogens is 2. The summed E-state index contributed by atoms with van der Waals surface area (Å²) in [6.45, 7) is -1.10. The lowest BCUT2D eigenvalue weighted by Gasteiger charge is -2.35. The summed E-state index contributed by atoms with van der Waals surface area (Å²) in [5.74, 6) is -1.000. The van der Waals surface area contributed by atoms with Crippen molar-refractivity contribution in [1.82, 2.24) is 5.32 Å². The van der Waals surface area contributed by atoms with Gasteiger partial charge in [-0.05, 0) is 31.9 Å². The van der Waals surface area contributed by atoms with Crippen molar-refractivity contribution < 1.29 is 32.6 Å². The normalized spacial score (nSPS) is 16.0. The van der Waals surface area contributed by atoms with E-state index in [9.17, 15) is 18.4 Å². The van der Waals surface area contributed by atoms with Gasteiger partial charge in [-0.15, -0.1) is 0 Å². The maximum Gasteiger partial charge on any atom is 0.387 e. The van der Waals surface area contributed by atoms with Crippen molar-refractivity contribution in [2.45, 2.75) is 51.2 Å². The van der Waals surface area contributed by atoms with Crippen LogP contribution in [0.4, 0.5) is 8.78 Å². The molecule has 0 aromatic heterocycles. The van der Waals surface area contributed by atoms with Gasteiger partial charge in [-0.1, -0.05) is 31.4 Å². The molecule has 8 heteroatoms. The zero-order valence-electron chi connectivity index (χ0n) is 16.0. The predicted octanol–water partition coefficient (Wildman–Crippen LogP) is 3.69. The lowest BCUT2D eigenvalue weighted by molar-refractivity contribution is -0.154. The number of hydrogen-bond acceptors (Lipinski definition) is 5. The molecule has 0 bridgehead atoms. The summed E-state index contributed by atoms with van der Waals surface area (Å²) >= 11 is 0. The van der Waals surface area contributed by atoms with Gasteiger partial charge in [0.1, 0.15) is 5.54 Å². The van der Waals surface area contributed by atoms with Crippen molar-refractivity contribution >= 4 is 18.0 Å². The number of methoxy groups -OCH3 is 1. The van der Waals surface area contributed by atoms with Gasteiger partial charge in [0.25, 0.3) is 0 Å². The van der Waals surface area contributed by atoms with E-state index in [-0.39, 0.29) is 23.7 Å². The highest BCUT2D eigenvalue weighted by molar-refractivity contribution is 5.96. The summed E-state index contributed by atoms with van der Waals surface area (Å²) in [5, 5.41) is 2.76. The fourth-order valence-corrected chi connectivity index (χ4v) is 3.29. The van der Waals surface area contributed by atoms with Crippen LogP contribution in [0.3, 0.4) is 0 Å². The minimum Gasteiger partial charge on any atom is -0.493 e. The second kappa shape index (κ2) is 10.1. The van der Waals surface area contributed by atoms with Crippen molar-refractivity contribution in [3.63, 3.8) is 0 Å². The lowest BCUT2D eigenvalue weighted by Crippen LogP contribution is -2.56. The predicted molar refractivity (Wildman–Crippen MR) is 99.3 cm³/mol. The number of nitrogens with one attached hydrogen (secondary N) is 1. The SMILES string of the molecule is CCOC(=O)C1(NC(=O)/C=C/c2cccc(OC)c2OC(F)F)CCCCC1. The molecule has 28 heavy (non-hydrogen) atoms. The number of benzene rings is 1. The van der Waals surface area contributed by atoms with Crippen LogP contribution >= 0.6 is 0 Å². The maximum absolute atomic E-state index is 12.7. The Bertz CT molecular complexity index is 715. The highest BCUT2D eigenvalue weighted by Crippen LogP contribution is 2.33. The third kappa shape index (κ3) is 5.43. The largest absolute Gasteiger partial charge is 0.493 e. The molecule has 0 atom stereocenters. The van der Waals surface area contributed by atoms with E-state index in [2.05, 4.69) is 10.1 Å². The first-order valence-corrected chi connectivity index (χ1v) is 9.21. The second-order valence-electron chi connectivity index (χ2n) is 6.44. The number of carbonyl (C=O) groups excluding carboxylic acids is 2. The van der Waals surface area contributed by atoms with Crippen molar-refractivity contribution in [3.05, 3.63) is 29.8 Å². The molecule has 2 rings (SSSR count). The first-order valence-electron chi connectivity index (χ1n) is 9.21. The fourth-order valence-electron chi connectivity index (χ4n) is 3.29. The van der Waals surface area contributed by atoms with Crippen molar-refractivity contribution in [3.8, 4) is 11.5 Å². The average molecular weight is 397 g/mol. The van der Waals surface area contributed by atoms with Gasteiger partial charge in [0.2, 0.25) is 5.91 Å². The quantitative estimate of drug-likeness (QED) is 0.535. The third-order valence-corrected chi connectivity index (χ3v) is 4.59. The molecule has 1 N–H and O–H groups in total. The number of para-hydroxylation sites is 1. The molecule has 1 aromatic rings. The molecular formula is C20H25F2NO5. The summed E-state index contributed by atoms with van der Waals surface area (Å²) in [7, 11) is 1.33. The van der Waals surface area contributed by atoms with Crippen LogP contribution in [0.2, 0.25) is 0 Å². The zero-order valence-corrected chi connectivity index (χ0v) is 16.0. The Labute approximate surface area is 162 Å². The number of esters is 1. The van der Waals surface area contributed by atoms with Gasteiger partial charge in [0.15, 0.2) is 11.5 Å². The van der Waals surface area contributed by atoms with Gasteiger partial charge in [0, 0.05) is 11.6 Å². The molecule has 1 fully saturated rings. The molecule has 0 spiro atoms.